The van der Waals surface area contributed by atoms with Crippen LogP contribution in [-0.2, 0) is 22.2 Å². The SMILES string of the molecule is CC1(C)COc2cc(C3(C(N)=O)C=CC=NC3NCc3ccncc3)ccc21. The first-order chi connectivity index (χ1) is 13.4. The number of rotatable bonds is 5. The van der Waals surface area contributed by atoms with Crippen molar-refractivity contribution in [1.29, 1.82) is 0 Å². The van der Waals surface area contributed by atoms with Crippen LogP contribution < -0.4 is 15.8 Å². The number of aliphatic imine (C=N–C) groups is 1. The third kappa shape index (κ3) is 2.99. The minimum atomic E-state index is -1.09. The summed E-state index contributed by atoms with van der Waals surface area (Å²) in [5.74, 6) is 0.351. The maximum absolute atomic E-state index is 12.7. The highest BCUT2D eigenvalue weighted by Gasteiger charge is 2.46. The monoisotopic (exact) mass is 376 g/mol. The second-order valence-electron chi connectivity index (χ2n) is 7.91. The van der Waals surface area contributed by atoms with Gasteiger partial charge in [0.1, 0.15) is 17.3 Å². The van der Waals surface area contributed by atoms with Crippen LogP contribution in [0.15, 0.2) is 59.9 Å². The van der Waals surface area contributed by atoms with Gasteiger partial charge in [-0.15, -0.1) is 0 Å². The van der Waals surface area contributed by atoms with Crippen molar-refractivity contribution < 1.29 is 9.53 Å². The van der Waals surface area contributed by atoms with Crippen LogP contribution in [0.2, 0.25) is 0 Å². The summed E-state index contributed by atoms with van der Waals surface area (Å²) in [7, 11) is 0. The Morgan fingerprint density at radius 3 is 2.82 bits per heavy atom. The Balaban J connectivity index is 1.70. The summed E-state index contributed by atoms with van der Waals surface area (Å²) < 4.78 is 5.89. The van der Waals surface area contributed by atoms with Gasteiger partial charge in [0.15, 0.2) is 0 Å². The molecule has 3 heterocycles. The highest BCUT2D eigenvalue weighted by molar-refractivity contribution is 5.93. The molecule has 2 aliphatic heterocycles. The molecule has 144 valence electrons. The molecule has 0 radical (unpaired) electrons. The number of nitrogens with one attached hydrogen (secondary N) is 1. The number of ether oxygens (including phenoxy) is 1. The van der Waals surface area contributed by atoms with Crippen molar-refractivity contribution in [1.82, 2.24) is 10.3 Å². The number of hydrogen-bond donors (Lipinski definition) is 2. The predicted octanol–water partition coefficient (Wildman–Crippen LogP) is 2.23. The number of dihydropyridines is 1. The summed E-state index contributed by atoms with van der Waals surface area (Å²) in [6, 6.07) is 9.78. The minimum absolute atomic E-state index is 0.0483. The largest absolute Gasteiger partial charge is 0.492 e. The minimum Gasteiger partial charge on any atom is -0.492 e. The first-order valence-electron chi connectivity index (χ1n) is 9.34. The number of hydrogen-bond acceptors (Lipinski definition) is 5. The van der Waals surface area contributed by atoms with E-state index in [2.05, 4.69) is 29.1 Å². The molecule has 0 saturated heterocycles. The highest BCUT2D eigenvalue weighted by atomic mass is 16.5. The molecule has 6 heteroatoms. The number of aromatic nitrogens is 1. The fourth-order valence-corrected chi connectivity index (χ4v) is 3.88. The quantitative estimate of drug-likeness (QED) is 0.837. The van der Waals surface area contributed by atoms with Crippen LogP contribution in [0.1, 0.15) is 30.5 Å². The number of fused-ring (bicyclic) bond motifs is 1. The summed E-state index contributed by atoms with van der Waals surface area (Å²) >= 11 is 0. The zero-order chi connectivity index (χ0) is 19.8. The van der Waals surface area contributed by atoms with E-state index in [9.17, 15) is 4.79 Å². The fraction of sp³-hybridized carbons (Fsp3) is 0.318. The van der Waals surface area contributed by atoms with E-state index in [1.54, 1.807) is 24.7 Å². The van der Waals surface area contributed by atoms with Gasteiger partial charge >= 0.3 is 0 Å². The first-order valence-corrected chi connectivity index (χ1v) is 9.34. The van der Waals surface area contributed by atoms with Gasteiger partial charge in [-0.3, -0.25) is 20.1 Å². The molecule has 1 aromatic carbocycles. The highest BCUT2D eigenvalue weighted by Crippen LogP contribution is 2.42. The number of pyridine rings is 1. The number of allylic oxidation sites excluding steroid dienone is 1. The molecule has 3 N–H and O–H groups in total. The van der Waals surface area contributed by atoms with Gasteiger partial charge in [-0.1, -0.05) is 32.1 Å². The van der Waals surface area contributed by atoms with Crippen LogP contribution in [0.5, 0.6) is 5.75 Å². The fourth-order valence-electron chi connectivity index (χ4n) is 3.88. The topological polar surface area (TPSA) is 89.6 Å². The average Bonchev–Trinajstić information content (AvgIpc) is 3.01. The van der Waals surface area contributed by atoms with Gasteiger partial charge in [-0.2, -0.15) is 0 Å². The number of nitrogens with zero attached hydrogens (tertiary/aromatic N) is 2. The summed E-state index contributed by atoms with van der Waals surface area (Å²) in [6.45, 7) is 5.45. The van der Waals surface area contributed by atoms with E-state index in [-0.39, 0.29) is 5.41 Å². The molecule has 0 bridgehead atoms. The number of primary amides is 1. The molecule has 6 nitrogen and oxygen atoms in total. The van der Waals surface area contributed by atoms with Crippen molar-refractivity contribution in [3.05, 3.63) is 71.6 Å². The summed E-state index contributed by atoms with van der Waals surface area (Å²) in [4.78, 5) is 21.3. The normalized spacial score (nSPS) is 24.6. The number of benzene rings is 1. The molecular formula is C22H24N4O2. The third-order valence-corrected chi connectivity index (χ3v) is 5.55. The molecule has 2 aliphatic rings. The molecule has 2 atom stereocenters. The zero-order valence-corrected chi connectivity index (χ0v) is 16.1. The van der Waals surface area contributed by atoms with Crippen LogP contribution >= 0.6 is 0 Å². The van der Waals surface area contributed by atoms with Gasteiger partial charge in [0, 0.05) is 36.1 Å². The average molecular weight is 376 g/mol. The molecular weight excluding hydrogens is 352 g/mol. The van der Waals surface area contributed by atoms with Gasteiger partial charge in [0.25, 0.3) is 0 Å². The van der Waals surface area contributed by atoms with Crippen molar-refractivity contribution in [3.63, 3.8) is 0 Å². The van der Waals surface area contributed by atoms with E-state index in [4.69, 9.17) is 10.5 Å². The van der Waals surface area contributed by atoms with E-state index >= 15 is 0 Å². The van der Waals surface area contributed by atoms with Crippen molar-refractivity contribution >= 4 is 12.1 Å². The van der Waals surface area contributed by atoms with E-state index < -0.39 is 17.5 Å². The Bertz CT molecular complexity index is 952. The molecule has 0 fully saturated rings. The Morgan fingerprint density at radius 1 is 1.29 bits per heavy atom. The third-order valence-electron chi connectivity index (χ3n) is 5.55. The van der Waals surface area contributed by atoms with Gasteiger partial charge in [0.05, 0.1) is 6.61 Å². The Labute approximate surface area is 164 Å². The Morgan fingerprint density at radius 2 is 2.07 bits per heavy atom. The maximum atomic E-state index is 12.7. The number of amides is 1. The lowest BCUT2D eigenvalue weighted by molar-refractivity contribution is -0.122. The van der Waals surface area contributed by atoms with Crippen molar-refractivity contribution in [2.45, 2.75) is 37.4 Å². The van der Waals surface area contributed by atoms with E-state index in [1.165, 1.54) is 0 Å². The molecule has 0 spiro atoms. The predicted molar refractivity (Wildman–Crippen MR) is 108 cm³/mol. The second kappa shape index (κ2) is 6.87. The van der Waals surface area contributed by atoms with Crippen molar-refractivity contribution in [2.75, 3.05) is 6.61 Å². The zero-order valence-electron chi connectivity index (χ0n) is 16.1. The first kappa shape index (κ1) is 18.4. The lowest BCUT2D eigenvalue weighted by Gasteiger charge is -2.36. The lowest BCUT2D eigenvalue weighted by Crippen LogP contribution is -2.55. The van der Waals surface area contributed by atoms with E-state index in [0.717, 1.165) is 22.4 Å². The Kier molecular flexibility index (Phi) is 4.51. The maximum Gasteiger partial charge on any atom is 0.235 e. The molecule has 2 unspecified atom stereocenters. The van der Waals surface area contributed by atoms with E-state index in [1.807, 2.05) is 36.4 Å². The molecule has 0 aliphatic carbocycles. The number of carbonyl (C=O) groups excluding carboxylic acids is 1. The molecule has 2 aromatic rings. The summed E-state index contributed by atoms with van der Waals surface area (Å²) in [5, 5.41) is 3.37. The standard InChI is InChI=1S/C22H24N4O2/c1-21(2)14-28-18-12-16(4-5-17(18)21)22(19(23)27)8-3-9-25-20(22)26-13-15-6-10-24-11-7-15/h3-12,20,26H,13-14H2,1-2H3,(H2,23,27). The summed E-state index contributed by atoms with van der Waals surface area (Å²) in [5.41, 5.74) is 7.77. The molecule has 1 aromatic heterocycles. The van der Waals surface area contributed by atoms with Crippen molar-refractivity contribution in [2.24, 2.45) is 10.7 Å². The lowest BCUT2D eigenvalue weighted by atomic mass is 9.74. The number of carbonyl (C=O) groups is 1. The number of nitrogens with two attached hydrogens (primary N) is 1. The van der Waals surface area contributed by atoms with Gasteiger partial charge in [-0.25, -0.2) is 0 Å². The van der Waals surface area contributed by atoms with Crippen LogP contribution in [0.25, 0.3) is 0 Å². The van der Waals surface area contributed by atoms with Crippen LogP contribution in [0.3, 0.4) is 0 Å². The van der Waals surface area contributed by atoms with Gasteiger partial charge in [0.2, 0.25) is 5.91 Å². The smallest absolute Gasteiger partial charge is 0.235 e. The molecule has 4 rings (SSSR count). The molecule has 1 amide bonds. The van der Waals surface area contributed by atoms with Crippen LogP contribution in [0, 0.1) is 0 Å². The van der Waals surface area contributed by atoms with Crippen LogP contribution in [-0.4, -0.2) is 29.9 Å². The van der Waals surface area contributed by atoms with Crippen LogP contribution in [0.4, 0.5) is 0 Å². The molecule has 28 heavy (non-hydrogen) atoms. The van der Waals surface area contributed by atoms with Crippen molar-refractivity contribution in [3.8, 4) is 5.75 Å². The van der Waals surface area contributed by atoms with E-state index in [0.29, 0.717) is 13.2 Å². The summed E-state index contributed by atoms with van der Waals surface area (Å²) in [6.07, 6.45) is 8.25. The Hall–Kier alpha value is -2.99. The molecule has 0 saturated carbocycles. The van der Waals surface area contributed by atoms with Gasteiger partial charge < -0.3 is 10.5 Å². The second-order valence-corrected chi connectivity index (χ2v) is 7.91. The van der Waals surface area contributed by atoms with Gasteiger partial charge in [-0.05, 0) is 35.4 Å².